The predicted molar refractivity (Wildman–Crippen MR) is 361 cm³/mol. The van der Waals surface area contributed by atoms with Crippen molar-refractivity contribution in [3.63, 3.8) is 0 Å². The number of amides is 4. The van der Waals surface area contributed by atoms with E-state index in [1.807, 2.05) is 46.9 Å². The number of hydrogen-bond donors (Lipinski definition) is 16. The van der Waals surface area contributed by atoms with Gasteiger partial charge >= 0.3 is 0 Å². The van der Waals surface area contributed by atoms with Crippen LogP contribution in [0.25, 0.3) is 0 Å². The van der Waals surface area contributed by atoms with Gasteiger partial charge in [-0.25, -0.2) is 19.9 Å². The lowest BCUT2D eigenvalue weighted by Gasteiger charge is -2.32. The van der Waals surface area contributed by atoms with Crippen LogP contribution in [0.1, 0.15) is 281 Å². The summed E-state index contributed by atoms with van der Waals surface area (Å²) in [4.78, 5) is 79.4. The predicted octanol–water partition coefficient (Wildman–Crippen LogP) is 6.99. The maximum Gasteiger partial charge on any atom is 0.254 e. The van der Waals surface area contributed by atoms with Crippen molar-refractivity contribution < 1.29 is 91.7 Å². The molecule has 0 bridgehead atoms. The number of carbonyl (C=O) groups is 4. The molecule has 4 aromatic heterocycles. The molecule has 0 spiro atoms. The van der Waals surface area contributed by atoms with E-state index in [1.165, 1.54) is 6.20 Å². The second kappa shape index (κ2) is 32.3. The summed E-state index contributed by atoms with van der Waals surface area (Å²) < 4.78 is 305. The van der Waals surface area contributed by atoms with E-state index < -0.39 is 245 Å². The van der Waals surface area contributed by atoms with Crippen LogP contribution in [0.4, 0.5) is 47.1 Å². The highest BCUT2D eigenvalue weighted by Gasteiger charge is 2.32. The number of anilines is 8. The van der Waals surface area contributed by atoms with Gasteiger partial charge in [-0.3, -0.25) is 19.2 Å². The van der Waals surface area contributed by atoms with Crippen LogP contribution in [0.5, 0.6) is 0 Å². The van der Waals surface area contributed by atoms with Gasteiger partial charge < -0.3 is 85.9 Å². The van der Waals surface area contributed by atoms with E-state index in [-0.39, 0.29) is 46.6 Å². The highest BCUT2D eigenvalue weighted by atomic mass is 16.3. The summed E-state index contributed by atoms with van der Waals surface area (Å²) in [5.74, 6) is -19.2. The smallest absolute Gasteiger partial charge is 0.254 e. The molecular weight excluding hydrogens is 1180 g/mol. The summed E-state index contributed by atoms with van der Waals surface area (Å²) in [7, 11) is 0. The topological polar surface area (TPSA) is 453 Å². The molecule has 0 radical (unpaired) electrons. The summed E-state index contributed by atoms with van der Waals surface area (Å²) in [6, 6.07) is -9.65. The molecule has 0 saturated heterocycles. The summed E-state index contributed by atoms with van der Waals surface area (Å²) in [5, 5.41) is 63.5. The number of hydrogen-bond acceptors (Lipinski definition) is 24. The van der Waals surface area contributed by atoms with Crippen molar-refractivity contribution in [2.45, 2.75) is 258 Å². The fourth-order valence-corrected chi connectivity index (χ4v) is 7.32. The first-order chi connectivity index (χ1) is 57.2. The number of aromatic nitrogens is 8. The molecule has 15 atom stereocenters. The van der Waals surface area contributed by atoms with E-state index in [2.05, 4.69) is 77.1 Å². The van der Waals surface area contributed by atoms with Crippen molar-refractivity contribution in [3.8, 4) is 0 Å². The summed E-state index contributed by atoms with van der Waals surface area (Å²) >= 11 is 0. The van der Waals surface area contributed by atoms with Crippen LogP contribution in [0.2, 0.25) is 0 Å². The number of primary amides is 4. The van der Waals surface area contributed by atoms with Gasteiger partial charge in [0, 0.05) is 115 Å². The van der Waals surface area contributed by atoms with Gasteiger partial charge in [0.05, 0.1) is 54.8 Å². The van der Waals surface area contributed by atoms with Crippen molar-refractivity contribution in [2.75, 3.05) is 42.5 Å². The molecule has 4 amide bonds. The first kappa shape index (κ1) is 36.8. The molecule has 28 nitrogen and oxygen atoms in total. The monoisotopic (exact) mass is 1320 g/mol. The van der Waals surface area contributed by atoms with Gasteiger partial charge in [-0.05, 0) is 183 Å². The molecule has 28 heteroatoms. The number of nitrogens with one attached hydrogen (secondary N) is 8. The number of nitrogens with two attached hydrogens (primary N) is 4. The first-order valence-corrected chi connectivity index (χ1v) is 27.8. The van der Waals surface area contributed by atoms with Crippen molar-refractivity contribution in [2.24, 2.45) is 46.5 Å². The minimum atomic E-state index is -3.89. The molecule has 4 aliphatic rings. The fourth-order valence-electron chi connectivity index (χ4n) is 7.32. The van der Waals surface area contributed by atoms with Gasteiger partial charge in [0.15, 0.2) is 0 Å². The third-order valence-corrected chi connectivity index (χ3v) is 11.3. The highest BCUT2D eigenvalue weighted by molar-refractivity contribution is 5.99. The Morgan fingerprint density at radius 1 is 0.457 bits per heavy atom. The number of rotatable bonds is 16. The molecular formula is C64H108N20O8. The fraction of sp³-hybridized carbons (Fsp3) is 0.688. The minimum absolute atomic E-state index is 0.0327. The van der Waals surface area contributed by atoms with E-state index in [4.69, 9.17) is 75.0 Å². The van der Waals surface area contributed by atoms with Gasteiger partial charge in [-0.1, -0.05) is 27.4 Å². The van der Waals surface area contributed by atoms with Gasteiger partial charge in [-0.15, -0.1) is 0 Å². The number of carbonyl (C=O) groups excluding carboxylic acids is 4. The van der Waals surface area contributed by atoms with Gasteiger partial charge in [-0.2, -0.15) is 19.9 Å². The third-order valence-electron chi connectivity index (χ3n) is 11.3. The lowest BCUT2D eigenvalue weighted by molar-refractivity contribution is 0.0737. The zero-order chi connectivity index (χ0) is 102. The molecule has 4 fully saturated rings. The Balaban J connectivity index is 0.000000307. The van der Waals surface area contributed by atoms with Crippen LogP contribution in [-0.2, 0) is 0 Å². The molecule has 4 heterocycles. The van der Waals surface area contributed by atoms with E-state index in [0.717, 1.165) is 18.6 Å². The molecule has 512 valence electrons. The maximum absolute atomic E-state index is 11.9. The summed E-state index contributed by atoms with van der Waals surface area (Å²) in [5.41, 5.74) is 17.8. The molecule has 8 rings (SSSR count). The van der Waals surface area contributed by atoms with Crippen LogP contribution in [-0.4, -0.2) is 155 Å². The number of aliphatic hydroxyl groups is 4. The van der Waals surface area contributed by atoms with Crippen molar-refractivity contribution in [1.82, 2.24) is 39.9 Å². The Hall–Kier alpha value is -7.56. The Morgan fingerprint density at radius 2 is 0.815 bits per heavy atom. The molecule has 15 unspecified atom stereocenters. The van der Waals surface area contributed by atoms with Crippen molar-refractivity contribution >= 4 is 70.7 Å². The largest absolute Gasteiger partial charge is 0.393 e. The second-order valence-electron chi connectivity index (χ2n) is 24.3. The van der Waals surface area contributed by atoms with E-state index in [9.17, 15) is 39.6 Å². The zero-order valence-corrected chi connectivity index (χ0v) is 52.5. The van der Waals surface area contributed by atoms with Gasteiger partial charge in [0.25, 0.3) is 23.6 Å². The minimum Gasteiger partial charge on any atom is -0.393 e. The van der Waals surface area contributed by atoms with Crippen molar-refractivity contribution in [1.29, 1.82) is 0 Å². The molecule has 20 N–H and O–H groups in total. The first-order valence-electron chi connectivity index (χ1n) is 47.0. The zero-order valence-electron chi connectivity index (χ0n) is 90.5. The Bertz CT molecular complexity index is 4770. The number of nitrogens with zero attached hydrogens (tertiary/aromatic N) is 8. The quantitative estimate of drug-likeness (QED) is 0.0537. The van der Waals surface area contributed by atoms with E-state index >= 15 is 0 Å². The lowest BCUT2D eigenvalue weighted by Crippen LogP contribution is -2.36. The average molecular weight is 1320 g/mol. The highest BCUT2D eigenvalue weighted by Crippen LogP contribution is 2.32. The van der Waals surface area contributed by atoms with Crippen LogP contribution in [0.3, 0.4) is 0 Å². The molecule has 92 heavy (non-hydrogen) atoms. The molecule has 0 aromatic carbocycles. The lowest BCUT2D eigenvalue weighted by atomic mass is 9.85. The van der Waals surface area contributed by atoms with Crippen LogP contribution < -0.4 is 65.5 Å². The summed E-state index contributed by atoms with van der Waals surface area (Å²) in [6.45, 7) is 7.42. The van der Waals surface area contributed by atoms with Gasteiger partial charge in [0.1, 0.15) is 23.3 Å². The third kappa shape index (κ3) is 24.8. The second-order valence-corrected chi connectivity index (χ2v) is 24.3. The van der Waals surface area contributed by atoms with E-state index in [0.29, 0.717) is 0 Å². The average Bonchev–Trinajstić information content (AvgIpc) is 0.669. The Kier molecular flexibility index (Phi) is 12.9. The van der Waals surface area contributed by atoms with Crippen molar-refractivity contribution in [3.05, 3.63) is 47.0 Å². The molecule has 0 aliphatic heterocycles. The molecule has 4 aliphatic carbocycles. The van der Waals surface area contributed by atoms with Crippen LogP contribution in [0.15, 0.2) is 24.8 Å². The van der Waals surface area contributed by atoms with Crippen LogP contribution >= 0.6 is 0 Å². The van der Waals surface area contributed by atoms with E-state index in [1.54, 1.807) is 41.5 Å². The molecule has 4 saturated carbocycles. The normalized spacial score (nSPS) is 45.0. The van der Waals surface area contributed by atoms with Gasteiger partial charge in [0.2, 0.25) is 23.8 Å². The maximum atomic E-state index is 11.9. The Labute approximate surface area is 596 Å². The van der Waals surface area contributed by atoms with Crippen LogP contribution in [0, 0.1) is 23.6 Å². The SMILES string of the molecule is [2H]C([2H])([2H])C1([2H])C([2H])([2H])CC(Nc2nc(NC(C)(C)C)ncc2C(N)=O)CC1([2H])O.[2H]C([2H])([2H])C1C([2H])([2H])C([2H])([2H])C([2H])(Nc2nc(NC(C)(C)C)ncc2C(N)=O)C([2H])([2H])C1([2H])O.[2H]C1C(Nc2nc(NC(C)(C)C)ncc2C(N)=O)C([2H])C([2H])(O)C([2H])(C([2H])([2H])[2H])C1([2H])[2H].[2H]C1C([2H])(O)C([2H])(C([2H])([2H])[2H])C([2H])([2H])C([2H])([2H])C1([2H])Nc1nc(NC(C)(C)C)ncc1C(N)=O. The standard InChI is InChI=1S/4C16H27N5O2/c4*1-9-5-6-10(7-12(9)22)19-14-11(13(17)23)8-18-15(20-14)21-16(2,3)4/h4*8-10,12,22H,5-7H2,1-4H3,(H2,17,23)(H2,18,19,20,21)/i1D3,5D2,6D2,7D,9D,10D,12D;1D3,5D2,6D2,7D2,10D,12D;1D3,5D2,6D,7D,9D,12D;1D3,5D2,9D,12D. The summed E-state index contributed by atoms with van der Waals surface area (Å²) in [6.07, 6.45) is -42.8. The molecule has 4 aromatic rings. The Morgan fingerprint density at radius 3 is 1.20 bits per heavy atom.